The zero-order chi connectivity index (χ0) is 14.4. The molecule has 0 radical (unpaired) electrons. The van der Waals surface area contributed by atoms with Gasteiger partial charge in [0.2, 0.25) is 0 Å². The molecule has 1 fully saturated rings. The van der Waals surface area contributed by atoms with Gasteiger partial charge in [-0.15, -0.1) is 0 Å². The van der Waals surface area contributed by atoms with Crippen molar-refractivity contribution in [3.05, 3.63) is 23.9 Å². The van der Waals surface area contributed by atoms with E-state index in [9.17, 15) is 0 Å². The Bertz CT molecular complexity index is 441. The Morgan fingerprint density at radius 3 is 2.80 bits per heavy atom. The third-order valence-corrected chi connectivity index (χ3v) is 3.93. The minimum absolute atomic E-state index is 0.547. The van der Waals surface area contributed by atoms with Gasteiger partial charge in [-0.1, -0.05) is 25.3 Å². The van der Waals surface area contributed by atoms with Gasteiger partial charge in [0.05, 0.1) is 0 Å². The van der Waals surface area contributed by atoms with Crippen LogP contribution in [0.1, 0.15) is 37.7 Å². The summed E-state index contributed by atoms with van der Waals surface area (Å²) in [6.07, 6.45) is 8.27. The Kier molecular flexibility index (Phi) is 5.59. The molecule has 2 N–H and O–H groups in total. The van der Waals surface area contributed by atoms with Crippen LogP contribution < -0.4 is 15.5 Å². The summed E-state index contributed by atoms with van der Waals surface area (Å²) < 4.78 is 0. The lowest BCUT2D eigenvalue weighted by atomic mass is 9.96. The summed E-state index contributed by atoms with van der Waals surface area (Å²) in [5.74, 6) is 0.987. The Balaban J connectivity index is 1.83. The molecule has 1 aromatic rings. The number of anilines is 1. The quantitative estimate of drug-likeness (QED) is 0.834. The first-order valence-corrected chi connectivity index (χ1v) is 7.73. The normalized spacial score (nSPS) is 15.7. The molecule has 1 aliphatic carbocycles. The van der Waals surface area contributed by atoms with E-state index in [1.165, 1.54) is 32.1 Å². The van der Waals surface area contributed by atoms with Crippen molar-refractivity contribution in [3.63, 3.8) is 0 Å². The first-order valence-electron chi connectivity index (χ1n) is 7.32. The number of nitrogens with zero attached hydrogens (tertiary/aromatic N) is 2. The monoisotopic (exact) mass is 292 g/mol. The van der Waals surface area contributed by atoms with Crippen LogP contribution in [-0.4, -0.2) is 30.2 Å². The van der Waals surface area contributed by atoms with E-state index in [0.29, 0.717) is 12.6 Å². The molecule has 0 spiro atoms. The van der Waals surface area contributed by atoms with Gasteiger partial charge in [0.15, 0.2) is 5.11 Å². The van der Waals surface area contributed by atoms with Crippen LogP contribution >= 0.6 is 12.2 Å². The fraction of sp³-hybridized carbons (Fsp3) is 0.600. The topological polar surface area (TPSA) is 40.2 Å². The predicted octanol–water partition coefficient (Wildman–Crippen LogP) is 2.44. The number of rotatable bonds is 4. The molecule has 2 rings (SSSR count). The van der Waals surface area contributed by atoms with E-state index in [4.69, 9.17) is 12.2 Å². The Morgan fingerprint density at radius 2 is 2.10 bits per heavy atom. The molecule has 4 nitrogen and oxygen atoms in total. The van der Waals surface area contributed by atoms with Gasteiger partial charge >= 0.3 is 0 Å². The largest absolute Gasteiger partial charge is 0.362 e. The number of pyridine rings is 1. The summed E-state index contributed by atoms with van der Waals surface area (Å²) in [6.45, 7) is 0.708. The molecule has 0 bridgehead atoms. The maximum atomic E-state index is 5.39. The average molecular weight is 292 g/mol. The third kappa shape index (κ3) is 4.34. The van der Waals surface area contributed by atoms with Crippen LogP contribution in [-0.2, 0) is 6.54 Å². The highest BCUT2D eigenvalue weighted by Gasteiger charge is 2.14. The highest BCUT2D eigenvalue weighted by molar-refractivity contribution is 7.80. The molecule has 5 heteroatoms. The maximum absolute atomic E-state index is 5.39. The summed E-state index contributed by atoms with van der Waals surface area (Å²) in [6, 6.07) is 4.59. The second-order valence-corrected chi connectivity index (χ2v) is 5.95. The zero-order valence-electron chi connectivity index (χ0n) is 12.4. The van der Waals surface area contributed by atoms with Gasteiger partial charge in [0, 0.05) is 38.4 Å². The molecule has 0 aromatic carbocycles. The molecule has 1 aliphatic rings. The molecule has 1 heterocycles. The van der Waals surface area contributed by atoms with Crippen LogP contribution in [0.3, 0.4) is 0 Å². The van der Waals surface area contributed by atoms with Crippen molar-refractivity contribution < 1.29 is 0 Å². The van der Waals surface area contributed by atoms with Crippen LogP contribution in [0.2, 0.25) is 0 Å². The van der Waals surface area contributed by atoms with E-state index in [0.717, 1.165) is 16.5 Å². The second-order valence-electron chi connectivity index (χ2n) is 5.54. The van der Waals surface area contributed by atoms with Crippen molar-refractivity contribution in [1.29, 1.82) is 0 Å². The SMILES string of the molecule is CN(C)c1ncccc1CNC(=S)NC1CCCCC1. The van der Waals surface area contributed by atoms with Crippen molar-refractivity contribution in [3.8, 4) is 0 Å². The van der Waals surface area contributed by atoms with Crippen LogP contribution in [0.15, 0.2) is 18.3 Å². The summed E-state index contributed by atoms with van der Waals surface area (Å²) >= 11 is 5.39. The molecular formula is C15H24N4S. The van der Waals surface area contributed by atoms with Crippen LogP contribution in [0, 0.1) is 0 Å². The van der Waals surface area contributed by atoms with E-state index in [2.05, 4.69) is 21.7 Å². The van der Waals surface area contributed by atoms with Gasteiger partial charge in [-0.2, -0.15) is 0 Å². The zero-order valence-corrected chi connectivity index (χ0v) is 13.2. The first-order chi connectivity index (χ1) is 9.66. The smallest absolute Gasteiger partial charge is 0.166 e. The standard InChI is InChI=1S/C15H24N4S/c1-19(2)14-12(7-6-10-16-14)11-17-15(20)18-13-8-4-3-5-9-13/h6-7,10,13H,3-5,8-9,11H2,1-2H3,(H2,17,18,20). The summed E-state index contributed by atoms with van der Waals surface area (Å²) in [5.41, 5.74) is 1.16. The highest BCUT2D eigenvalue weighted by atomic mass is 32.1. The molecule has 1 saturated carbocycles. The van der Waals surface area contributed by atoms with E-state index >= 15 is 0 Å². The molecular weight excluding hydrogens is 268 g/mol. The lowest BCUT2D eigenvalue weighted by Crippen LogP contribution is -2.42. The fourth-order valence-corrected chi connectivity index (χ4v) is 2.87. The second kappa shape index (κ2) is 7.43. The van der Waals surface area contributed by atoms with Crippen molar-refractivity contribution >= 4 is 23.1 Å². The van der Waals surface area contributed by atoms with Gasteiger partial charge in [0.1, 0.15) is 5.82 Å². The van der Waals surface area contributed by atoms with E-state index in [-0.39, 0.29) is 0 Å². The van der Waals surface area contributed by atoms with E-state index in [1.807, 2.05) is 31.3 Å². The van der Waals surface area contributed by atoms with Crippen molar-refractivity contribution in [2.45, 2.75) is 44.7 Å². The first kappa shape index (κ1) is 15.0. The highest BCUT2D eigenvalue weighted by Crippen LogP contribution is 2.17. The Morgan fingerprint density at radius 1 is 1.35 bits per heavy atom. The minimum Gasteiger partial charge on any atom is -0.362 e. The minimum atomic E-state index is 0.547. The van der Waals surface area contributed by atoms with Crippen molar-refractivity contribution in [2.75, 3.05) is 19.0 Å². The summed E-state index contributed by atoms with van der Waals surface area (Å²) in [4.78, 5) is 6.42. The van der Waals surface area contributed by atoms with E-state index < -0.39 is 0 Å². The molecule has 0 unspecified atom stereocenters. The molecule has 20 heavy (non-hydrogen) atoms. The van der Waals surface area contributed by atoms with Gasteiger partial charge < -0.3 is 15.5 Å². The van der Waals surface area contributed by atoms with Crippen LogP contribution in [0.5, 0.6) is 0 Å². The van der Waals surface area contributed by atoms with Crippen molar-refractivity contribution in [1.82, 2.24) is 15.6 Å². The van der Waals surface area contributed by atoms with Crippen LogP contribution in [0.25, 0.3) is 0 Å². The van der Waals surface area contributed by atoms with Gasteiger partial charge in [-0.25, -0.2) is 4.98 Å². The maximum Gasteiger partial charge on any atom is 0.166 e. The average Bonchev–Trinajstić information content (AvgIpc) is 2.46. The molecule has 0 amide bonds. The summed E-state index contributed by atoms with van der Waals surface area (Å²) in [5, 5.41) is 7.47. The number of hydrogen-bond donors (Lipinski definition) is 2. The number of aromatic nitrogens is 1. The van der Waals surface area contributed by atoms with Gasteiger partial charge in [-0.05, 0) is 31.1 Å². The number of thiocarbonyl (C=S) groups is 1. The van der Waals surface area contributed by atoms with E-state index in [1.54, 1.807) is 0 Å². The van der Waals surface area contributed by atoms with Gasteiger partial charge in [0.25, 0.3) is 0 Å². The summed E-state index contributed by atoms with van der Waals surface area (Å²) in [7, 11) is 4.01. The lowest BCUT2D eigenvalue weighted by molar-refractivity contribution is 0.412. The molecule has 0 saturated heterocycles. The Hall–Kier alpha value is -1.36. The van der Waals surface area contributed by atoms with Crippen molar-refractivity contribution in [2.24, 2.45) is 0 Å². The van der Waals surface area contributed by atoms with Gasteiger partial charge in [-0.3, -0.25) is 0 Å². The van der Waals surface area contributed by atoms with Crippen LogP contribution in [0.4, 0.5) is 5.82 Å². The molecule has 0 aliphatic heterocycles. The lowest BCUT2D eigenvalue weighted by Gasteiger charge is -2.24. The molecule has 1 aromatic heterocycles. The predicted molar refractivity (Wildman–Crippen MR) is 88.0 cm³/mol. The molecule has 0 atom stereocenters. The third-order valence-electron chi connectivity index (χ3n) is 3.67. The fourth-order valence-electron chi connectivity index (χ4n) is 2.63. The number of hydrogen-bond acceptors (Lipinski definition) is 3. The Labute approximate surface area is 127 Å². The number of nitrogens with one attached hydrogen (secondary N) is 2. The molecule has 110 valence electrons.